The summed E-state index contributed by atoms with van der Waals surface area (Å²) in [6.07, 6.45) is 0. The summed E-state index contributed by atoms with van der Waals surface area (Å²) >= 11 is 0. The summed E-state index contributed by atoms with van der Waals surface area (Å²) in [5, 5.41) is 19.8. The van der Waals surface area contributed by atoms with Gasteiger partial charge >= 0.3 is 0 Å². The zero-order valence-corrected chi connectivity index (χ0v) is 9.90. The standard InChI is InChI=1S/C14H9FO4/c1-6-2-3-7-11(17)8-4-5-9(15)12(18)14(8)19-13(7)10(6)16/h2-5,16,18H,1H3. The van der Waals surface area contributed by atoms with Crippen molar-refractivity contribution in [2.24, 2.45) is 0 Å². The fraction of sp³-hybridized carbons (Fsp3) is 0.0714. The second-order valence-corrected chi connectivity index (χ2v) is 4.31. The number of aromatic hydroxyl groups is 2. The van der Waals surface area contributed by atoms with E-state index >= 15 is 0 Å². The summed E-state index contributed by atoms with van der Waals surface area (Å²) in [6.45, 7) is 1.64. The van der Waals surface area contributed by atoms with Crippen LogP contribution in [0.5, 0.6) is 11.5 Å². The fourth-order valence-electron chi connectivity index (χ4n) is 2.03. The van der Waals surface area contributed by atoms with Gasteiger partial charge in [-0.3, -0.25) is 4.79 Å². The van der Waals surface area contributed by atoms with E-state index in [0.717, 1.165) is 6.07 Å². The van der Waals surface area contributed by atoms with Gasteiger partial charge in [0, 0.05) is 0 Å². The number of phenolic OH excluding ortho intramolecular Hbond substituents is 2. The molecular formula is C14H9FO4. The van der Waals surface area contributed by atoms with Crippen LogP contribution in [0.25, 0.3) is 21.9 Å². The number of aryl methyl sites for hydroxylation is 1. The third-order valence-electron chi connectivity index (χ3n) is 3.11. The Bertz CT molecular complexity index is 811. The largest absolute Gasteiger partial charge is 0.504 e. The van der Waals surface area contributed by atoms with Gasteiger partial charge in [0.2, 0.25) is 5.43 Å². The summed E-state index contributed by atoms with van der Waals surface area (Å²) in [7, 11) is 0. The lowest BCUT2D eigenvalue weighted by atomic mass is 10.1. The minimum absolute atomic E-state index is 0.0570. The average molecular weight is 260 g/mol. The number of benzene rings is 2. The zero-order chi connectivity index (χ0) is 13.7. The quantitative estimate of drug-likeness (QED) is 0.610. The number of hydrogen-bond acceptors (Lipinski definition) is 4. The molecule has 0 unspecified atom stereocenters. The number of hydrogen-bond donors (Lipinski definition) is 2. The molecule has 2 aromatic carbocycles. The van der Waals surface area contributed by atoms with Crippen molar-refractivity contribution in [2.45, 2.75) is 6.92 Å². The minimum atomic E-state index is -0.887. The molecule has 0 amide bonds. The van der Waals surface area contributed by atoms with Gasteiger partial charge in [0.1, 0.15) is 0 Å². The van der Waals surface area contributed by atoms with E-state index in [0.29, 0.717) is 5.56 Å². The molecule has 0 saturated carbocycles. The summed E-state index contributed by atoms with van der Waals surface area (Å²) in [4.78, 5) is 12.2. The average Bonchev–Trinajstić information content (AvgIpc) is 2.39. The van der Waals surface area contributed by atoms with Crippen LogP contribution in [0.1, 0.15) is 5.56 Å². The molecule has 0 fully saturated rings. The Morgan fingerprint density at radius 1 is 1.00 bits per heavy atom. The molecule has 0 bridgehead atoms. The molecule has 0 atom stereocenters. The molecule has 4 nitrogen and oxygen atoms in total. The van der Waals surface area contributed by atoms with E-state index in [-0.39, 0.29) is 27.7 Å². The fourth-order valence-corrected chi connectivity index (χ4v) is 2.03. The van der Waals surface area contributed by atoms with Crippen LogP contribution in [0, 0.1) is 12.7 Å². The van der Waals surface area contributed by atoms with Gasteiger partial charge in [-0.25, -0.2) is 4.39 Å². The lowest BCUT2D eigenvalue weighted by molar-refractivity contribution is 0.424. The molecule has 3 aromatic rings. The molecule has 1 aromatic heterocycles. The first-order chi connectivity index (χ1) is 9.00. The Morgan fingerprint density at radius 3 is 2.26 bits per heavy atom. The lowest BCUT2D eigenvalue weighted by Gasteiger charge is -2.06. The molecule has 0 aliphatic carbocycles. The van der Waals surface area contributed by atoms with Crippen molar-refractivity contribution < 1.29 is 19.0 Å². The van der Waals surface area contributed by atoms with Gasteiger partial charge in [0.25, 0.3) is 0 Å². The van der Waals surface area contributed by atoms with E-state index in [1.165, 1.54) is 12.1 Å². The van der Waals surface area contributed by atoms with Crippen molar-refractivity contribution in [1.29, 1.82) is 0 Å². The topological polar surface area (TPSA) is 70.7 Å². The maximum atomic E-state index is 13.3. The van der Waals surface area contributed by atoms with Crippen LogP contribution in [0.4, 0.5) is 4.39 Å². The Hall–Kier alpha value is -2.56. The molecule has 0 spiro atoms. The predicted octanol–water partition coefficient (Wildman–Crippen LogP) is 2.80. The molecule has 19 heavy (non-hydrogen) atoms. The number of phenols is 2. The van der Waals surface area contributed by atoms with Crippen molar-refractivity contribution in [3.05, 3.63) is 45.9 Å². The Kier molecular flexibility index (Phi) is 2.25. The molecule has 1 heterocycles. The molecule has 0 radical (unpaired) electrons. The summed E-state index contributed by atoms with van der Waals surface area (Å²) in [5.41, 5.74) is -0.232. The molecule has 0 aliphatic heterocycles. The van der Waals surface area contributed by atoms with Crippen LogP contribution in [0.15, 0.2) is 33.5 Å². The SMILES string of the molecule is Cc1ccc2c(=O)c3ccc(F)c(O)c3oc2c1O. The van der Waals surface area contributed by atoms with Crippen LogP contribution in [0.3, 0.4) is 0 Å². The summed E-state index contributed by atoms with van der Waals surface area (Å²) in [5.74, 6) is -1.82. The van der Waals surface area contributed by atoms with Crippen molar-refractivity contribution in [3.63, 3.8) is 0 Å². The monoisotopic (exact) mass is 260 g/mol. The van der Waals surface area contributed by atoms with E-state index < -0.39 is 17.0 Å². The molecule has 3 rings (SSSR count). The highest BCUT2D eigenvalue weighted by Crippen LogP contribution is 2.33. The maximum Gasteiger partial charge on any atom is 0.200 e. The van der Waals surface area contributed by atoms with E-state index in [1.54, 1.807) is 13.0 Å². The first-order valence-corrected chi connectivity index (χ1v) is 5.57. The summed E-state index contributed by atoms with van der Waals surface area (Å²) < 4.78 is 18.6. The first kappa shape index (κ1) is 11.5. The molecule has 96 valence electrons. The molecule has 2 N–H and O–H groups in total. The van der Waals surface area contributed by atoms with Gasteiger partial charge in [0.15, 0.2) is 28.5 Å². The van der Waals surface area contributed by atoms with Crippen LogP contribution in [-0.4, -0.2) is 10.2 Å². The second-order valence-electron chi connectivity index (χ2n) is 4.31. The number of rotatable bonds is 0. The zero-order valence-electron chi connectivity index (χ0n) is 9.90. The third-order valence-corrected chi connectivity index (χ3v) is 3.11. The molecule has 5 heteroatoms. The van der Waals surface area contributed by atoms with E-state index in [9.17, 15) is 19.4 Å². The Balaban J connectivity index is 2.65. The first-order valence-electron chi connectivity index (χ1n) is 5.57. The third kappa shape index (κ3) is 1.48. The number of halogens is 1. The van der Waals surface area contributed by atoms with Crippen LogP contribution >= 0.6 is 0 Å². The van der Waals surface area contributed by atoms with Gasteiger partial charge in [-0.05, 0) is 30.7 Å². The Morgan fingerprint density at radius 2 is 1.58 bits per heavy atom. The van der Waals surface area contributed by atoms with E-state index in [1.807, 2.05) is 0 Å². The molecular weight excluding hydrogens is 251 g/mol. The van der Waals surface area contributed by atoms with Crippen molar-refractivity contribution >= 4 is 21.9 Å². The van der Waals surface area contributed by atoms with Crippen molar-refractivity contribution in [1.82, 2.24) is 0 Å². The Labute approximate surface area is 106 Å². The van der Waals surface area contributed by atoms with Crippen molar-refractivity contribution in [2.75, 3.05) is 0 Å². The molecule has 0 saturated heterocycles. The van der Waals surface area contributed by atoms with Gasteiger partial charge in [0.05, 0.1) is 10.8 Å². The van der Waals surface area contributed by atoms with Crippen molar-refractivity contribution in [3.8, 4) is 11.5 Å². The van der Waals surface area contributed by atoms with E-state index in [4.69, 9.17) is 4.42 Å². The highest BCUT2D eigenvalue weighted by atomic mass is 19.1. The van der Waals surface area contributed by atoms with Gasteiger partial charge in [-0.2, -0.15) is 0 Å². The minimum Gasteiger partial charge on any atom is -0.504 e. The van der Waals surface area contributed by atoms with Crippen LogP contribution in [0.2, 0.25) is 0 Å². The van der Waals surface area contributed by atoms with Gasteiger partial charge in [-0.15, -0.1) is 0 Å². The number of fused-ring (bicyclic) bond motifs is 2. The smallest absolute Gasteiger partial charge is 0.200 e. The van der Waals surface area contributed by atoms with Crippen LogP contribution in [-0.2, 0) is 0 Å². The van der Waals surface area contributed by atoms with Crippen LogP contribution < -0.4 is 5.43 Å². The maximum absolute atomic E-state index is 13.3. The normalized spacial score (nSPS) is 11.3. The van der Waals surface area contributed by atoms with Gasteiger partial charge in [-0.1, -0.05) is 6.07 Å². The lowest BCUT2D eigenvalue weighted by Crippen LogP contribution is -2.03. The highest BCUT2D eigenvalue weighted by molar-refractivity contribution is 5.94. The second kappa shape index (κ2) is 3.71. The van der Waals surface area contributed by atoms with E-state index in [2.05, 4.69) is 0 Å². The van der Waals surface area contributed by atoms with Gasteiger partial charge < -0.3 is 14.6 Å². The predicted molar refractivity (Wildman–Crippen MR) is 68.0 cm³/mol. The highest BCUT2D eigenvalue weighted by Gasteiger charge is 2.16. The molecule has 0 aliphatic rings. The summed E-state index contributed by atoms with van der Waals surface area (Å²) in [6, 6.07) is 5.35.